The molecule has 1 aromatic carbocycles. The molecule has 4 nitrogen and oxygen atoms in total. The maximum absolute atomic E-state index is 12.5. The van der Waals surface area contributed by atoms with Crippen molar-refractivity contribution in [3.05, 3.63) is 48.4 Å². The van der Waals surface area contributed by atoms with Gasteiger partial charge in [0.25, 0.3) is 5.91 Å². The van der Waals surface area contributed by atoms with E-state index >= 15 is 0 Å². The number of carbonyl (C=O) groups excluding carboxylic acids is 1. The Balaban J connectivity index is 1.77. The van der Waals surface area contributed by atoms with Crippen molar-refractivity contribution in [2.24, 2.45) is 5.92 Å². The highest BCUT2D eigenvalue weighted by atomic mass is 16.3. The van der Waals surface area contributed by atoms with E-state index in [-0.39, 0.29) is 5.91 Å². The van der Waals surface area contributed by atoms with Gasteiger partial charge in [-0.05, 0) is 30.4 Å². The second kappa shape index (κ2) is 5.74. The fourth-order valence-electron chi connectivity index (χ4n) is 2.49. The summed E-state index contributed by atoms with van der Waals surface area (Å²) in [5.41, 5.74) is 1.74. The van der Waals surface area contributed by atoms with Crippen LogP contribution in [0.25, 0.3) is 11.1 Å². The van der Waals surface area contributed by atoms with Crippen LogP contribution in [0, 0.1) is 5.92 Å². The van der Waals surface area contributed by atoms with Gasteiger partial charge in [-0.2, -0.15) is 0 Å². The summed E-state index contributed by atoms with van der Waals surface area (Å²) in [6.45, 7) is 0.346. The number of hydrogen-bond donors (Lipinski definition) is 1. The standard InChI is InChI=1S/C17H19NO3/c1-18(11-15(19)13-7-8-13)17(20)16-14(9-10-21-16)12-5-3-2-4-6-12/h2-6,9-10,13,15,19H,7-8,11H2,1H3. The number of nitrogens with zero attached hydrogens (tertiary/aromatic N) is 1. The molecule has 1 heterocycles. The van der Waals surface area contributed by atoms with Crippen LogP contribution < -0.4 is 0 Å². The third kappa shape index (κ3) is 3.00. The molecule has 1 atom stereocenters. The van der Waals surface area contributed by atoms with Crippen molar-refractivity contribution in [1.82, 2.24) is 4.90 Å². The fourth-order valence-corrected chi connectivity index (χ4v) is 2.49. The summed E-state index contributed by atoms with van der Waals surface area (Å²) >= 11 is 0. The van der Waals surface area contributed by atoms with Crippen LogP contribution in [0.15, 0.2) is 47.1 Å². The van der Waals surface area contributed by atoms with Crippen LogP contribution >= 0.6 is 0 Å². The molecule has 1 aromatic heterocycles. The predicted molar refractivity (Wildman–Crippen MR) is 79.8 cm³/mol. The Bertz CT molecular complexity index is 616. The minimum atomic E-state index is -0.436. The lowest BCUT2D eigenvalue weighted by atomic mass is 10.1. The van der Waals surface area contributed by atoms with E-state index in [4.69, 9.17) is 4.42 Å². The molecular weight excluding hydrogens is 266 g/mol. The topological polar surface area (TPSA) is 53.7 Å². The van der Waals surface area contributed by atoms with Crippen molar-refractivity contribution in [2.45, 2.75) is 18.9 Å². The normalized spacial score (nSPS) is 15.7. The third-order valence-electron chi connectivity index (χ3n) is 3.92. The maximum Gasteiger partial charge on any atom is 0.290 e. The minimum absolute atomic E-state index is 0.196. The summed E-state index contributed by atoms with van der Waals surface area (Å²) in [5, 5.41) is 9.97. The van der Waals surface area contributed by atoms with Crippen LogP contribution in [0.2, 0.25) is 0 Å². The Labute approximate surface area is 124 Å². The van der Waals surface area contributed by atoms with E-state index in [0.717, 1.165) is 24.0 Å². The Morgan fingerprint density at radius 2 is 2.05 bits per heavy atom. The highest BCUT2D eigenvalue weighted by molar-refractivity contribution is 5.98. The quantitative estimate of drug-likeness (QED) is 0.919. The number of rotatable bonds is 5. The average Bonchev–Trinajstić information content (AvgIpc) is 3.24. The first kappa shape index (κ1) is 13.9. The number of benzene rings is 1. The van der Waals surface area contributed by atoms with Crippen molar-refractivity contribution in [3.8, 4) is 11.1 Å². The molecule has 1 amide bonds. The average molecular weight is 285 g/mol. The largest absolute Gasteiger partial charge is 0.459 e. The van der Waals surface area contributed by atoms with Gasteiger partial charge in [-0.1, -0.05) is 30.3 Å². The molecule has 1 aliphatic rings. The zero-order chi connectivity index (χ0) is 14.8. The zero-order valence-corrected chi connectivity index (χ0v) is 12.0. The molecule has 110 valence electrons. The van der Waals surface area contributed by atoms with Gasteiger partial charge in [0, 0.05) is 19.2 Å². The maximum atomic E-state index is 12.5. The molecule has 21 heavy (non-hydrogen) atoms. The Morgan fingerprint density at radius 3 is 2.71 bits per heavy atom. The number of amides is 1. The number of aliphatic hydroxyl groups is 1. The van der Waals surface area contributed by atoms with Crippen molar-refractivity contribution in [1.29, 1.82) is 0 Å². The Kier molecular flexibility index (Phi) is 3.80. The molecule has 4 heteroatoms. The van der Waals surface area contributed by atoms with E-state index in [2.05, 4.69) is 0 Å². The van der Waals surface area contributed by atoms with Crippen LogP contribution in [0.1, 0.15) is 23.4 Å². The molecule has 0 saturated heterocycles. The molecule has 0 bridgehead atoms. The van der Waals surface area contributed by atoms with Gasteiger partial charge in [0.15, 0.2) is 5.76 Å². The second-order valence-corrected chi connectivity index (χ2v) is 5.62. The monoisotopic (exact) mass is 285 g/mol. The van der Waals surface area contributed by atoms with E-state index < -0.39 is 6.10 Å². The fraction of sp³-hybridized carbons (Fsp3) is 0.353. The van der Waals surface area contributed by atoms with Gasteiger partial charge >= 0.3 is 0 Å². The van der Waals surface area contributed by atoms with E-state index in [1.165, 1.54) is 11.2 Å². The van der Waals surface area contributed by atoms with Gasteiger partial charge in [-0.3, -0.25) is 4.79 Å². The summed E-state index contributed by atoms with van der Waals surface area (Å²) in [6, 6.07) is 11.5. The summed E-state index contributed by atoms with van der Waals surface area (Å²) < 4.78 is 5.39. The number of aliphatic hydroxyl groups excluding tert-OH is 1. The van der Waals surface area contributed by atoms with Crippen molar-refractivity contribution >= 4 is 5.91 Å². The van der Waals surface area contributed by atoms with Crippen LogP contribution in [-0.4, -0.2) is 35.6 Å². The van der Waals surface area contributed by atoms with Gasteiger partial charge < -0.3 is 14.4 Å². The van der Waals surface area contributed by atoms with E-state index in [1.54, 1.807) is 13.1 Å². The van der Waals surface area contributed by atoms with Crippen LogP contribution in [0.3, 0.4) is 0 Å². The minimum Gasteiger partial charge on any atom is -0.459 e. The third-order valence-corrected chi connectivity index (χ3v) is 3.92. The van der Waals surface area contributed by atoms with Crippen LogP contribution in [0.4, 0.5) is 0 Å². The first-order valence-corrected chi connectivity index (χ1v) is 7.23. The highest BCUT2D eigenvalue weighted by Gasteiger charge is 2.32. The molecule has 2 aromatic rings. The summed E-state index contributed by atoms with van der Waals surface area (Å²) in [7, 11) is 1.70. The highest BCUT2D eigenvalue weighted by Crippen LogP contribution is 2.33. The van der Waals surface area contributed by atoms with Crippen LogP contribution in [-0.2, 0) is 0 Å². The molecule has 1 N–H and O–H groups in total. The number of likely N-dealkylation sites (N-methyl/N-ethyl adjacent to an activating group) is 1. The Hall–Kier alpha value is -2.07. The van der Waals surface area contributed by atoms with E-state index in [9.17, 15) is 9.90 Å². The van der Waals surface area contributed by atoms with Gasteiger partial charge in [-0.25, -0.2) is 0 Å². The van der Waals surface area contributed by atoms with Crippen molar-refractivity contribution in [2.75, 3.05) is 13.6 Å². The lowest BCUT2D eigenvalue weighted by Crippen LogP contribution is -2.35. The summed E-state index contributed by atoms with van der Waals surface area (Å²) in [5.74, 6) is 0.482. The predicted octanol–water partition coefficient (Wildman–Crippen LogP) is 2.79. The molecule has 1 fully saturated rings. The summed E-state index contributed by atoms with van der Waals surface area (Å²) in [4.78, 5) is 14.0. The lowest BCUT2D eigenvalue weighted by molar-refractivity contribution is 0.0618. The van der Waals surface area contributed by atoms with Gasteiger partial charge in [0.2, 0.25) is 0 Å². The van der Waals surface area contributed by atoms with E-state index in [1.807, 2.05) is 30.3 Å². The van der Waals surface area contributed by atoms with Crippen molar-refractivity contribution in [3.63, 3.8) is 0 Å². The Morgan fingerprint density at radius 1 is 1.33 bits per heavy atom. The first-order valence-electron chi connectivity index (χ1n) is 7.23. The second-order valence-electron chi connectivity index (χ2n) is 5.62. The van der Waals surface area contributed by atoms with Crippen molar-refractivity contribution < 1.29 is 14.3 Å². The molecule has 1 unspecified atom stereocenters. The molecule has 0 radical (unpaired) electrons. The molecular formula is C17H19NO3. The number of hydrogen-bond acceptors (Lipinski definition) is 3. The molecule has 1 aliphatic carbocycles. The van der Waals surface area contributed by atoms with Crippen LogP contribution in [0.5, 0.6) is 0 Å². The smallest absolute Gasteiger partial charge is 0.290 e. The molecule has 0 aliphatic heterocycles. The van der Waals surface area contributed by atoms with E-state index in [0.29, 0.717) is 18.2 Å². The van der Waals surface area contributed by atoms with Gasteiger partial charge in [0.1, 0.15) is 0 Å². The first-order chi connectivity index (χ1) is 10.2. The molecule has 0 spiro atoms. The SMILES string of the molecule is CN(CC(O)C1CC1)C(=O)c1occc1-c1ccccc1. The van der Waals surface area contributed by atoms with Gasteiger partial charge in [-0.15, -0.1) is 0 Å². The summed E-state index contributed by atoms with van der Waals surface area (Å²) in [6.07, 6.45) is 3.20. The molecule has 3 rings (SSSR count). The zero-order valence-electron chi connectivity index (χ0n) is 12.0. The number of carbonyl (C=O) groups is 1. The lowest BCUT2D eigenvalue weighted by Gasteiger charge is -2.20. The molecule has 1 saturated carbocycles. The number of furan rings is 1. The van der Waals surface area contributed by atoms with Gasteiger partial charge in [0.05, 0.1) is 12.4 Å².